The Bertz CT molecular complexity index is 2330. The first kappa shape index (κ1) is 23.5. The van der Waals surface area contributed by atoms with Crippen molar-refractivity contribution in [3.05, 3.63) is 139 Å². The highest BCUT2D eigenvalue weighted by Crippen LogP contribution is 2.47. The highest BCUT2D eigenvalue weighted by molar-refractivity contribution is 6.36. The second-order valence-electron chi connectivity index (χ2n) is 10.5. The number of H-pyrrole nitrogens is 1. The van der Waals surface area contributed by atoms with Crippen molar-refractivity contribution < 1.29 is 4.39 Å². The number of nitrogens with zero attached hydrogens (tertiary/aromatic N) is 2. The molecule has 0 aliphatic carbocycles. The molecule has 0 fully saturated rings. The molecule has 41 heavy (non-hydrogen) atoms. The highest BCUT2D eigenvalue weighted by atomic mass is 19.1. The molecule has 8 rings (SSSR count). The Morgan fingerprint density at radius 2 is 1.32 bits per heavy atom. The van der Waals surface area contributed by atoms with Gasteiger partial charge < -0.3 is 14.1 Å². The summed E-state index contributed by atoms with van der Waals surface area (Å²) in [5.74, 6) is -0.256. The molecule has 5 aromatic carbocycles. The molecule has 0 unspecified atom stereocenters. The summed E-state index contributed by atoms with van der Waals surface area (Å²) >= 11 is 0. The molecule has 196 valence electrons. The predicted molar refractivity (Wildman–Crippen MR) is 171 cm³/mol. The summed E-state index contributed by atoms with van der Waals surface area (Å²) < 4.78 is 18.8. The number of rotatable bonds is 4. The van der Waals surface area contributed by atoms with Crippen molar-refractivity contribution >= 4 is 60.6 Å². The first-order valence-corrected chi connectivity index (χ1v) is 13.8. The third-order valence-electron chi connectivity index (χ3n) is 8.25. The molecular weight excluding hydrogens is 505 g/mol. The number of nitrogens with one attached hydrogen (secondary N) is 1. The van der Waals surface area contributed by atoms with Gasteiger partial charge in [-0.3, -0.25) is 0 Å². The van der Waals surface area contributed by atoms with Gasteiger partial charge >= 0.3 is 0 Å². The van der Waals surface area contributed by atoms with E-state index in [1.807, 2.05) is 18.2 Å². The maximum Gasteiger partial charge on any atom is 0.123 e. The Hall–Kier alpha value is -5.35. The number of halogens is 1. The van der Waals surface area contributed by atoms with Crippen molar-refractivity contribution in [1.82, 2.24) is 14.1 Å². The Kier molecular flexibility index (Phi) is 5.07. The van der Waals surface area contributed by atoms with Gasteiger partial charge in [0, 0.05) is 49.5 Å². The van der Waals surface area contributed by atoms with Gasteiger partial charge in [0.05, 0.1) is 22.1 Å². The zero-order valence-electron chi connectivity index (χ0n) is 22.5. The molecule has 0 spiro atoms. The molecule has 0 aliphatic rings. The zero-order chi connectivity index (χ0) is 27.7. The van der Waals surface area contributed by atoms with Crippen LogP contribution in [0.25, 0.3) is 72.0 Å². The number of benzene rings is 5. The van der Waals surface area contributed by atoms with Crippen LogP contribution in [0.5, 0.6) is 0 Å². The Morgan fingerprint density at radius 3 is 2.10 bits per heavy atom. The fourth-order valence-corrected chi connectivity index (χ4v) is 6.60. The number of aryl methyl sites for hydroxylation is 1. The zero-order valence-corrected chi connectivity index (χ0v) is 22.5. The smallest absolute Gasteiger partial charge is 0.123 e. The molecule has 0 saturated heterocycles. The summed E-state index contributed by atoms with van der Waals surface area (Å²) in [6.45, 7) is 6.13. The van der Waals surface area contributed by atoms with Gasteiger partial charge in [-0.15, -0.1) is 0 Å². The van der Waals surface area contributed by atoms with Crippen LogP contribution in [0.15, 0.2) is 122 Å². The number of aromatic amines is 1. The lowest BCUT2D eigenvalue weighted by atomic mass is 10.0. The SMILES string of the molecule is C=C/C=C\c1c(C)c2c(c3c4ccccc4[nH]c3c3c4ccccc4n(-c4ccccc4)c23)n1-c1ccc(F)cc1. The van der Waals surface area contributed by atoms with Crippen LogP contribution < -0.4 is 0 Å². The molecule has 0 atom stereocenters. The minimum absolute atomic E-state index is 0.256. The topological polar surface area (TPSA) is 25.6 Å². The second-order valence-corrected chi connectivity index (χ2v) is 10.5. The van der Waals surface area contributed by atoms with Crippen LogP contribution in [-0.4, -0.2) is 14.1 Å². The summed E-state index contributed by atoms with van der Waals surface area (Å²) in [6, 6.07) is 34.5. The Labute approximate surface area is 236 Å². The van der Waals surface area contributed by atoms with Gasteiger partial charge in [-0.1, -0.05) is 73.3 Å². The molecular formula is C37H26FN3. The minimum Gasteiger partial charge on any atom is -0.354 e. The summed E-state index contributed by atoms with van der Waals surface area (Å²) in [7, 11) is 0. The number of allylic oxidation sites excluding steroid dienone is 2. The maximum atomic E-state index is 14.2. The fourth-order valence-electron chi connectivity index (χ4n) is 6.60. The summed E-state index contributed by atoms with van der Waals surface area (Å²) in [5, 5.41) is 5.88. The number of hydrogen-bond donors (Lipinski definition) is 1. The van der Waals surface area contributed by atoms with Crippen LogP contribution in [0, 0.1) is 12.7 Å². The van der Waals surface area contributed by atoms with E-state index in [9.17, 15) is 4.39 Å². The largest absolute Gasteiger partial charge is 0.354 e. The van der Waals surface area contributed by atoms with E-state index in [4.69, 9.17) is 0 Å². The number of para-hydroxylation sites is 3. The number of fused-ring (bicyclic) bond motifs is 10. The van der Waals surface area contributed by atoms with Crippen LogP contribution in [0.2, 0.25) is 0 Å². The number of aromatic nitrogens is 3. The molecule has 0 saturated carbocycles. The molecule has 0 bridgehead atoms. The van der Waals surface area contributed by atoms with Crippen molar-refractivity contribution in [3.8, 4) is 11.4 Å². The van der Waals surface area contributed by atoms with E-state index in [-0.39, 0.29) is 5.82 Å². The summed E-state index contributed by atoms with van der Waals surface area (Å²) in [6.07, 6.45) is 5.87. The van der Waals surface area contributed by atoms with E-state index in [2.05, 4.69) is 113 Å². The standard InChI is InChI=1S/C37H26FN3/c1-3-4-17-30-23(2)32-36(40(30)26-21-19-24(38)20-22-26)33-27-14-8-10-16-29(27)39-35(33)34-28-15-9-11-18-31(28)41(37(32)34)25-12-6-5-7-13-25/h3-22,39H,1H2,2H3/b17-4-. The lowest BCUT2D eigenvalue weighted by molar-refractivity contribution is 0.627. The van der Waals surface area contributed by atoms with Crippen molar-refractivity contribution in [2.75, 3.05) is 0 Å². The Morgan fingerprint density at radius 1 is 0.683 bits per heavy atom. The highest BCUT2D eigenvalue weighted by Gasteiger charge is 2.27. The molecule has 0 amide bonds. The van der Waals surface area contributed by atoms with E-state index in [1.54, 1.807) is 6.08 Å². The van der Waals surface area contributed by atoms with Gasteiger partial charge in [0.1, 0.15) is 5.82 Å². The molecule has 8 aromatic rings. The van der Waals surface area contributed by atoms with Crippen LogP contribution in [0.3, 0.4) is 0 Å². The summed E-state index contributed by atoms with van der Waals surface area (Å²) in [5.41, 5.74) is 9.78. The number of hydrogen-bond acceptors (Lipinski definition) is 0. The molecule has 1 N–H and O–H groups in total. The van der Waals surface area contributed by atoms with Gasteiger partial charge in [-0.2, -0.15) is 0 Å². The van der Waals surface area contributed by atoms with Gasteiger partial charge in [0.2, 0.25) is 0 Å². The minimum atomic E-state index is -0.256. The normalized spacial score (nSPS) is 12.1. The first-order chi connectivity index (χ1) is 20.2. The van der Waals surface area contributed by atoms with Crippen LogP contribution in [0.4, 0.5) is 4.39 Å². The monoisotopic (exact) mass is 531 g/mol. The summed E-state index contributed by atoms with van der Waals surface area (Å²) in [4.78, 5) is 3.81. The maximum absolute atomic E-state index is 14.2. The first-order valence-electron chi connectivity index (χ1n) is 13.8. The van der Waals surface area contributed by atoms with Gasteiger partial charge in [-0.05, 0) is 67.1 Å². The third kappa shape index (κ3) is 3.25. The van der Waals surface area contributed by atoms with E-state index < -0.39 is 0 Å². The van der Waals surface area contributed by atoms with E-state index in [1.165, 1.54) is 28.3 Å². The predicted octanol–water partition coefficient (Wildman–Crippen LogP) is 10.0. The van der Waals surface area contributed by atoms with Crippen molar-refractivity contribution in [2.45, 2.75) is 6.92 Å². The Balaban J connectivity index is 1.75. The van der Waals surface area contributed by atoms with Gasteiger partial charge in [0.15, 0.2) is 0 Å². The molecule has 3 nitrogen and oxygen atoms in total. The van der Waals surface area contributed by atoms with E-state index in [0.717, 1.165) is 61.0 Å². The molecule has 0 aliphatic heterocycles. The van der Waals surface area contributed by atoms with E-state index >= 15 is 0 Å². The van der Waals surface area contributed by atoms with Crippen molar-refractivity contribution in [3.63, 3.8) is 0 Å². The molecule has 0 radical (unpaired) electrons. The quantitative estimate of drug-likeness (QED) is 0.219. The molecule has 4 heteroatoms. The van der Waals surface area contributed by atoms with Crippen LogP contribution in [0.1, 0.15) is 11.3 Å². The molecule has 3 aromatic heterocycles. The lowest BCUT2D eigenvalue weighted by Gasteiger charge is -2.12. The lowest BCUT2D eigenvalue weighted by Crippen LogP contribution is -1.98. The fraction of sp³-hybridized carbons (Fsp3) is 0.0270. The average Bonchev–Trinajstić information content (AvgIpc) is 3.64. The average molecular weight is 532 g/mol. The second kappa shape index (κ2) is 8.83. The van der Waals surface area contributed by atoms with Crippen LogP contribution >= 0.6 is 0 Å². The van der Waals surface area contributed by atoms with Crippen LogP contribution in [-0.2, 0) is 0 Å². The van der Waals surface area contributed by atoms with E-state index in [0.29, 0.717) is 0 Å². The molecule has 3 heterocycles. The van der Waals surface area contributed by atoms with Crippen molar-refractivity contribution in [2.24, 2.45) is 0 Å². The van der Waals surface area contributed by atoms with Gasteiger partial charge in [-0.25, -0.2) is 4.39 Å². The van der Waals surface area contributed by atoms with Gasteiger partial charge in [0.25, 0.3) is 0 Å². The third-order valence-corrected chi connectivity index (χ3v) is 8.25. The van der Waals surface area contributed by atoms with Crippen molar-refractivity contribution in [1.29, 1.82) is 0 Å².